The molecule has 2 unspecified atom stereocenters. The Labute approximate surface area is 217 Å². The Kier molecular flexibility index (Phi) is 6.13. The molecule has 2 amide bonds. The molecule has 4 fully saturated rings. The van der Waals surface area contributed by atoms with Gasteiger partial charge in [-0.2, -0.15) is 0 Å². The third-order valence-electron chi connectivity index (χ3n) is 8.65. The second-order valence-electron chi connectivity index (χ2n) is 11.3. The van der Waals surface area contributed by atoms with Crippen LogP contribution in [0.1, 0.15) is 94.4 Å². The van der Waals surface area contributed by atoms with E-state index in [4.69, 9.17) is 5.73 Å². The number of primary amides is 1. The normalized spacial score (nSPS) is 24.9. The number of carbonyl (C=O) groups is 3. The first kappa shape index (κ1) is 23.9. The van der Waals surface area contributed by atoms with Crippen LogP contribution in [0.5, 0.6) is 0 Å². The lowest BCUT2D eigenvalue weighted by molar-refractivity contribution is 0.0923. The number of anilines is 2. The molecule has 2 atom stereocenters. The number of nitrogens with zero attached hydrogens (tertiary/aromatic N) is 2. The maximum atomic E-state index is 13.4. The van der Waals surface area contributed by atoms with E-state index < -0.39 is 5.91 Å². The zero-order valence-electron chi connectivity index (χ0n) is 21.3. The third kappa shape index (κ3) is 4.69. The molecule has 2 aliphatic carbocycles. The molecular formula is C29H35N5O3. The molecule has 1 aromatic heterocycles. The van der Waals surface area contributed by atoms with E-state index in [2.05, 4.69) is 20.5 Å². The predicted molar refractivity (Wildman–Crippen MR) is 142 cm³/mol. The topological polar surface area (TPSA) is 117 Å². The number of benzene rings is 1. The van der Waals surface area contributed by atoms with Crippen LogP contribution in [0.3, 0.4) is 0 Å². The first-order chi connectivity index (χ1) is 17.9. The van der Waals surface area contributed by atoms with Gasteiger partial charge in [-0.25, -0.2) is 4.98 Å². The number of carbonyl (C=O) groups excluding carboxylic acids is 3. The van der Waals surface area contributed by atoms with Gasteiger partial charge in [0.05, 0.1) is 5.56 Å². The lowest BCUT2D eigenvalue weighted by atomic mass is 9.92. The predicted octanol–water partition coefficient (Wildman–Crippen LogP) is 3.98. The van der Waals surface area contributed by atoms with Crippen molar-refractivity contribution in [2.45, 2.75) is 88.9 Å². The van der Waals surface area contributed by atoms with Crippen LogP contribution in [0.2, 0.25) is 0 Å². The van der Waals surface area contributed by atoms with Gasteiger partial charge in [-0.1, -0.05) is 0 Å². The summed E-state index contributed by atoms with van der Waals surface area (Å²) in [6.45, 7) is 1.85. The van der Waals surface area contributed by atoms with Gasteiger partial charge in [-0.05, 0) is 94.5 Å². The minimum Gasteiger partial charge on any atom is -0.382 e. The van der Waals surface area contributed by atoms with E-state index >= 15 is 0 Å². The summed E-state index contributed by atoms with van der Waals surface area (Å²) < 4.78 is 0. The summed E-state index contributed by atoms with van der Waals surface area (Å²) in [5, 5.41) is 6.68. The highest BCUT2D eigenvalue weighted by atomic mass is 16.2. The van der Waals surface area contributed by atoms with Crippen LogP contribution in [0.25, 0.3) is 0 Å². The number of amides is 2. The lowest BCUT2D eigenvalue weighted by Gasteiger charge is -2.40. The van der Waals surface area contributed by atoms with E-state index in [0.717, 1.165) is 62.7 Å². The molecule has 2 aromatic rings. The molecule has 3 heterocycles. The molecule has 0 radical (unpaired) electrons. The molecule has 1 aromatic carbocycles. The van der Waals surface area contributed by atoms with Gasteiger partial charge in [-0.3, -0.25) is 14.4 Å². The van der Waals surface area contributed by atoms with Crippen LogP contribution in [0.15, 0.2) is 30.5 Å². The standard InChI is InChI=1S/C29H35N5O3/c1-16-11-24(28(30)36)25(32-19-3-2-4-19)14-23(16)29(37)33-20-12-21-8-9-22(13-20)34(21)26-10-7-18(15-31-26)27(35)17-5-6-17/h7,10-11,14-15,17,19-22,32H,2-6,8-9,12-13H2,1H3,(H2,30,36)(H,33,37). The largest absolute Gasteiger partial charge is 0.382 e. The molecule has 37 heavy (non-hydrogen) atoms. The number of Topliss-reactive ketones (excluding diaryl/α,β-unsaturated/α-hetero) is 1. The zero-order chi connectivity index (χ0) is 25.7. The molecule has 4 aliphatic rings. The fraction of sp³-hybridized carbons (Fsp3) is 0.517. The van der Waals surface area contributed by atoms with Crippen molar-refractivity contribution < 1.29 is 14.4 Å². The first-order valence-corrected chi connectivity index (χ1v) is 13.7. The molecule has 2 bridgehead atoms. The summed E-state index contributed by atoms with van der Waals surface area (Å²) in [5.74, 6) is 0.746. The van der Waals surface area contributed by atoms with Gasteiger partial charge in [-0.15, -0.1) is 0 Å². The van der Waals surface area contributed by atoms with Crippen molar-refractivity contribution in [3.05, 3.63) is 52.7 Å². The number of fused-ring (bicyclic) bond motifs is 2. The molecule has 194 valence electrons. The summed E-state index contributed by atoms with van der Waals surface area (Å²) in [6.07, 6.45) is 10.9. The minimum absolute atomic E-state index is 0.0789. The zero-order valence-corrected chi connectivity index (χ0v) is 21.3. The second-order valence-corrected chi connectivity index (χ2v) is 11.3. The second kappa shape index (κ2) is 9.47. The Morgan fingerprint density at radius 3 is 2.24 bits per heavy atom. The molecular weight excluding hydrogens is 466 g/mol. The van der Waals surface area contributed by atoms with Crippen molar-refractivity contribution in [1.82, 2.24) is 10.3 Å². The van der Waals surface area contributed by atoms with E-state index in [1.54, 1.807) is 18.3 Å². The van der Waals surface area contributed by atoms with E-state index in [1.807, 2.05) is 19.1 Å². The summed E-state index contributed by atoms with van der Waals surface area (Å²) in [5.41, 5.74) is 8.75. The molecule has 8 heteroatoms. The highest BCUT2D eigenvalue weighted by molar-refractivity contribution is 6.03. The van der Waals surface area contributed by atoms with Crippen LogP contribution in [0, 0.1) is 12.8 Å². The van der Waals surface area contributed by atoms with Crippen molar-refractivity contribution in [1.29, 1.82) is 0 Å². The highest BCUT2D eigenvalue weighted by Gasteiger charge is 2.42. The number of aromatic nitrogens is 1. The maximum absolute atomic E-state index is 13.4. The van der Waals surface area contributed by atoms with Gasteiger partial charge in [0.1, 0.15) is 5.82 Å². The Balaban J connectivity index is 1.14. The molecule has 8 nitrogen and oxygen atoms in total. The highest BCUT2D eigenvalue weighted by Crippen LogP contribution is 2.39. The number of hydrogen-bond donors (Lipinski definition) is 3. The third-order valence-corrected chi connectivity index (χ3v) is 8.65. The van der Waals surface area contributed by atoms with E-state index in [9.17, 15) is 14.4 Å². The number of pyridine rings is 1. The molecule has 2 aliphatic heterocycles. The van der Waals surface area contributed by atoms with E-state index in [1.165, 1.54) is 6.42 Å². The quantitative estimate of drug-likeness (QED) is 0.471. The van der Waals surface area contributed by atoms with Gasteiger partial charge in [0.25, 0.3) is 11.8 Å². The fourth-order valence-corrected chi connectivity index (χ4v) is 6.25. The summed E-state index contributed by atoms with van der Waals surface area (Å²) >= 11 is 0. The SMILES string of the molecule is Cc1cc(C(N)=O)c(NC2CCC2)cc1C(=O)NC1CC2CCC(C1)N2c1ccc(C(=O)C2CC2)cn1. The van der Waals surface area contributed by atoms with Crippen molar-refractivity contribution in [2.75, 3.05) is 10.2 Å². The fourth-order valence-electron chi connectivity index (χ4n) is 6.25. The summed E-state index contributed by atoms with van der Waals surface area (Å²) in [6, 6.07) is 8.46. The average Bonchev–Trinajstić information content (AvgIpc) is 3.66. The van der Waals surface area contributed by atoms with Crippen LogP contribution in [-0.2, 0) is 0 Å². The van der Waals surface area contributed by atoms with Gasteiger partial charge >= 0.3 is 0 Å². The molecule has 4 N–H and O–H groups in total. The average molecular weight is 502 g/mol. The smallest absolute Gasteiger partial charge is 0.251 e. The van der Waals surface area contributed by atoms with Crippen molar-refractivity contribution in [2.24, 2.45) is 11.7 Å². The summed E-state index contributed by atoms with van der Waals surface area (Å²) in [7, 11) is 0. The Bertz CT molecular complexity index is 1220. The lowest BCUT2D eigenvalue weighted by Crippen LogP contribution is -2.50. The number of hydrogen-bond acceptors (Lipinski definition) is 6. The monoisotopic (exact) mass is 501 g/mol. The van der Waals surface area contributed by atoms with Crippen LogP contribution >= 0.6 is 0 Å². The van der Waals surface area contributed by atoms with Crippen molar-refractivity contribution in [3.63, 3.8) is 0 Å². The molecule has 2 saturated heterocycles. The van der Waals surface area contributed by atoms with E-state index in [0.29, 0.717) is 40.5 Å². The summed E-state index contributed by atoms with van der Waals surface area (Å²) in [4.78, 5) is 44.8. The number of nitrogens with one attached hydrogen (secondary N) is 2. The van der Waals surface area contributed by atoms with Crippen LogP contribution in [0.4, 0.5) is 11.5 Å². The number of piperidine rings is 1. The molecule has 2 saturated carbocycles. The van der Waals surface area contributed by atoms with Gasteiger partial charge < -0.3 is 21.3 Å². The molecule has 0 spiro atoms. The Hall–Kier alpha value is -3.42. The van der Waals surface area contributed by atoms with E-state index in [-0.39, 0.29) is 23.7 Å². The van der Waals surface area contributed by atoms with Gasteiger partial charge in [0.2, 0.25) is 0 Å². The number of ketones is 1. The molecule has 6 rings (SSSR count). The number of rotatable bonds is 8. The van der Waals surface area contributed by atoms with Crippen LogP contribution < -0.4 is 21.3 Å². The van der Waals surface area contributed by atoms with Gasteiger partial charge in [0, 0.05) is 53.1 Å². The Morgan fingerprint density at radius 1 is 0.946 bits per heavy atom. The van der Waals surface area contributed by atoms with Crippen LogP contribution in [-0.4, -0.2) is 46.7 Å². The van der Waals surface area contributed by atoms with Crippen molar-refractivity contribution in [3.8, 4) is 0 Å². The van der Waals surface area contributed by atoms with Gasteiger partial charge in [0.15, 0.2) is 5.78 Å². The van der Waals surface area contributed by atoms with Crippen molar-refractivity contribution >= 4 is 29.1 Å². The Morgan fingerprint density at radius 2 is 1.68 bits per heavy atom. The first-order valence-electron chi connectivity index (χ1n) is 13.7. The number of nitrogens with two attached hydrogens (primary N) is 1. The number of aryl methyl sites for hydroxylation is 1. The maximum Gasteiger partial charge on any atom is 0.251 e. The minimum atomic E-state index is -0.487.